The summed E-state index contributed by atoms with van der Waals surface area (Å²) in [6.45, 7) is 8.19. The summed E-state index contributed by atoms with van der Waals surface area (Å²) in [5, 5.41) is 13.1. The fraction of sp³-hybridized carbons (Fsp3) is 0.667. The van der Waals surface area contributed by atoms with Crippen LogP contribution in [0.25, 0.3) is 0 Å². The number of carboxylic acids is 1. The molecule has 0 bridgehead atoms. The van der Waals surface area contributed by atoms with Gasteiger partial charge in [0.05, 0.1) is 5.69 Å². The van der Waals surface area contributed by atoms with Gasteiger partial charge in [0.2, 0.25) is 0 Å². The molecule has 4 heteroatoms. The first-order valence-corrected chi connectivity index (χ1v) is 5.73. The van der Waals surface area contributed by atoms with E-state index in [0.29, 0.717) is 6.42 Å². The molecule has 0 fully saturated rings. The lowest BCUT2D eigenvalue weighted by atomic mass is 10.1. The van der Waals surface area contributed by atoms with E-state index in [0.717, 1.165) is 17.8 Å². The van der Waals surface area contributed by atoms with Crippen molar-refractivity contribution < 1.29 is 9.90 Å². The average molecular weight is 224 g/mol. The van der Waals surface area contributed by atoms with E-state index < -0.39 is 5.97 Å². The van der Waals surface area contributed by atoms with Gasteiger partial charge in [0.25, 0.3) is 0 Å². The Morgan fingerprint density at radius 3 is 2.56 bits per heavy atom. The van der Waals surface area contributed by atoms with Crippen LogP contribution in [0.3, 0.4) is 0 Å². The van der Waals surface area contributed by atoms with Crippen molar-refractivity contribution in [3.8, 4) is 0 Å². The molecule has 90 valence electrons. The first-order chi connectivity index (χ1) is 7.47. The Hall–Kier alpha value is -1.32. The highest BCUT2D eigenvalue weighted by Crippen LogP contribution is 2.20. The molecule has 16 heavy (non-hydrogen) atoms. The molecule has 1 aromatic heterocycles. The molecule has 1 aromatic rings. The zero-order valence-corrected chi connectivity index (χ0v) is 10.4. The third kappa shape index (κ3) is 2.62. The van der Waals surface area contributed by atoms with Gasteiger partial charge in [-0.25, -0.2) is 0 Å². The number of hydrogen-bond donors (Lipinski definition) is 1. The molecule has 0 radical (unpaired) electrons. The number of aromatic nitrogens is 2. The lowest BCUT2D eigenvalue weighted by Crippen LogP contribution is -2.11. The van der Waals surface area contributed by atoms with E-state index in [2.05, 4.69) is 18.9 Å². The maximum atomic E-state index is 10.5. The van der Waals surface area contributed by atoms with E-state index in [-0.39, 0.29) is 12.5 Å². The van der Waals surface area contributed by atoms with Gasteiger partial charge >= 0.3 is 5.97 Å². The van der Waals surface area contributed by atoms with Gasteiger partial charge in [0.15, 0.2) is 0 Å². The van der Waals surface area contributed by atoms with Crippen LogP contribution in [0.2, 0.25) is 0 Å². The SMILES string of the molecule is CCc1c(C)nn(C(C)CCC(=O)O)c1C. The lowest BCUT2D eigenvalue weighted by molar-refractivity contribution is -0.137. The minimum Gasteiger partial charge on any atom is -0.481 e. The normalized spacial score (nSPS) is 12.8. The van der Waals surface area contributed by atoms with Crippen molar-refractivity contribution in [3.05, 3.63) is 17.0 Å². The van der Waals surface area contributed by atoms with Crippen LogP contribution >= 0.6 is 0 Å². The monoisotopic (exact) mass is 224 g/mol. The topological polar surface area (TPSA) is 55.1 Å². The number of carbonyl (C=O) groups is 1. The van der Waals surface area contributed by atoms with Gasteiger partial charge in [0.1, 0.15) is 0 Å². The number of aliphatic carboxylic acids is 1. The molecule has 1 atom stereocenters. The van der Waals surface area contributed by atoms with Gasteiger partial charge in [-0.15, -0.1) is 0 Å². The van der Waals surface area contributed by atoms with Crippen LogP contribution in [0, 0.1) is 13.8 Å². The Kier molecular flexibility index (Phi) is 4.10. The molecule has 4 nitrogen and oxygen atoms in total. The molecule has 0 aliphatic carbocycles. The van der Waals surface area contributed by atoms with E-state index in [4.69, 9.17) is 5.11 Å². The van der Waals surface area contributed by atoms with E-state index in [1.54, 1.807) is 0 Å². The molecule has 0 aliphatic heterocycles. The highest BCUT2D eigenvalue weighted by molar-refractivity contribution is 5.66. The first kappa shape index (κ1) is 12.7. The van der Waals surface area contributed by atoms with E-state index in [1.165, 1.54) is 5.56 Å². The predicted molar refractivity (Wildman–Crippen MR) is 62.7 cm³/mol. The number of carboxylic acid groups (broad SMARTS) is 1. The molecule has 0 aliphatic rings. The van der Waals surface area contributed by atoms with Gasteiger partial charge in [-0.05, 0) is 39.2 Å². The first-order valence-electron chi connectivity index (χ1n) is 5.73. The van der Waals surface area contributed by atoms with Gasteiger partial charge in [-0.1, -0.05) is 6.92 Å². The smallest absolute Gasteiger partial charge is 0.303 e. The van der Waals surface area contributed by atoms with E-state index in [1.807, 2.05) is 18.5 Å². The van der Waals surface area contributed by atoms with Crippen molar-refractivity contribution in [3.63, 3.8) is 0 Å². The van der Waals surface area contributed by atoms with Gasteiger partial charge in [0, 0.05) is 18.2 Å². The van der Waals surface area contributed by atoms with E-state index in [9.17, 15) is 4.79 Å². The van der Waals surface area contributed by atoms with Gasteiger partial charge < -0.3 is 5.11 Å². The number of aryl methyl sites for hydroxylation is 1. The number of nitrogens with zero attached hydrogens (tertiary/aromatic N) is 2. The standard InChI is InChI=1S/C12H20N2O2/c1-5-11-9(3)13-14(10(11)4)8(2)6-7-12(15)16/h8H,5-7H2,1-4H3,(H,15,16). The zero-order chi connectivity index (χ0) is 12.3. The number of rotatable bonds is 5. The summed E-state index contributed by atoms with van der Waals surface area (Å²) >= 11 is 0. The predicted octanol–water partition coefficient (Wildman–Crippen LogP) is 2.49. The van der Waals surface area contributed by atoms with Crippen molar-refractivity contribution in [2.75, 3.05) is 0 Å². The highest BCUT2D eigenvalue weighted by atomic mass is 16.4. The summed E-state index contributed by atoms with van der Waals surface area (Å²) in [6, 6.07) is 0.148. The van der Waals surface area contributed by atoms with E-state index >= 15 is 0 Å². The second-order valence-corrected chi connectivity index (χ2v) is 4.23. The molecule has 1 rings (SSSR count). The molecule has 1 N–H and O–H groups in total. The van der Waals surface area contributed by atoms with Crippen LogP contribution in [0.5, 0.6) is 0 Å². The van der Waals surface area contributed by atoms with Crippen LogP contribution in [-0.2, 0) is 11.2 Å². The number of hydrogen-bond acceptors (Lipinski definition) is 2. The molecule has 0 amide bonds. The van der Waals surface area contributed by atoms with Gasteiger partial charge in [-0.3, -0.25) is 9.48 Å². The maximum Gasteiger partial charge on any atom is 0.303 e. The summed E-state index contributed by atoms with van der Waals surface area (Å²) in [4.78, 5) is 10.5. The van der Waals surface area contributed by atoms with Crippen molar-refractivity contribution in [2.24, 2.45) is 0 Å². The summed E-state index contributed by atoms with van der Waals surface area (Å²) in [7, 11) is 0. The van der Waals surface area contributed by atoms with Crippen LogP contribution in [0.4, 0.5) is 0 Å². The lowest BCUT2D eigenvalue weighted by Gasteiger charge is -2.13. The largest absolute Gasteiger partial charge is 0.481 e. The molecule has 0 aromatic carbocycles. The minimum absolute atomic E-state index is 0.148. The second-order valence-electron chi connectivity index (χ2n) is 4.23. The summed E-state index contributed by atoms with van der Waals surface area (Å²) in [6.07, 6.45) is 1.80. The highest BCUT2D eigenvalue weighted by Gasteiger charge is 2.15. The summed E-state index contributed by atoms with van der Waals surface area (Å²) in [5.41, 5.74) is 3.50. The summed E-state index contributed by atoms with van der Waals surface area (Å²) < 4.78 is 1.96. The van der Waals surface area contributed by atoms with Crippen molar-refractivity contribution in [2.45, 2.75) is 53.0 Å². The Morgan fingerprint density at radius 2 is 2.12 bits per heavy atom. The van der Waals surface area contributed by atoms with Crippen molar-refractivity contribution >= 4 is 5.97 Å². The quantitative estimate of drug-likeness (QED) is 0.836. The Bertz CT molecular complexity index is 383. The molecule has 0 saturated carbocycles. The molecule has 0 spiro atoms. The zero-order valence-electron chi connectivity index (χ0n) is 10.4. The molecule has 1 heterocycles. The van der Waals surface area contributed by atoms with Gasteiger partial charge in [-0.2, -0.15) is 5.10 Å². The third-order valence-corrected chi connectivity index (χ3v) is 3.02. The average Bonchev–Trinajstić information content (AvgIpc) is 2.50. The molecular weight excluding hydrogens is 204 g/mol. The van der Waals surface area contributed by atoms with Crippen LogP contribution in [0.1, 0.15) is 49.7 Å². The van der Waals surface area contributed by atoms with Crippen molar-refractivity contribution in [1.82, 2.24) is 9.78 Å². The molecule has 0 saturated heterocycles. The summed E-state index contributed by atoms with van der Waals surface area (Å²) in [5.74, 6) is -0.746. The fourth-order valence-electron chi connectivity index (χ4n) is 2.09. The van der Waals surface area contributed by atoms with Crippen LogP contribution in [-0.4, -0.2) is 20.9 Å². The molecular formula is C12H20N2O2. The van der Waals surface area contributed by atoms with Crippen molar-refractivity contribution in [1.29, 1.82) is 0 Å². The third-order valence-electron chi connectivity index (χ3n) is 3.02. The van der Waals surface area contributed by atoms with Crippen LogP contribution < -0.4 is 0 Å². The minimum atomic E-state index is -0.746. The Balaban J connectivity index is 2.83. The molecule has 1 unspecified atom stereocenters. The van der Waals surface area contributed by atoms with Crippen LogP contribution in [0.15, 0.2) is 0 Å². The second kappa shape index (κ2) is 5.14. The Morgan fingerprint density at radius 1 is 1.50 bits per heavy atom. The maximum absolute atomic E-state index is 10.5. The fourth-order valence-corrected chi connectivity index (χ4v) is 2.09. The Labute approximate surface area is 96.3 Å².